The van der Waals surface area contributed by atoms with Crippen LogP contribution in [0.3, 0.4) is 0 Å². The van der Waals surface area contributed by atoms with Crippen molar-refractivity contribution in [1.82, 2.24) is 4.90 Å². The lowest BCUT2D eigenvalue weighted by atomic mass is 9.85. The Balaban J connectivity index is 2.09. The number of benzene rings is 2. The molecule has 170 valence electrons. The lowest BCUT2D eigenvalue weighted by molar-refractivity contribution is -0.857. The number of hydrogen-bond acceptors (Lipinski definition) is 5. The van der Waals surface area contributed by atoms with Gasteiger partial charge in [-0.3, -0.25) is 14.4 Å². The predicted octanol–water partition coefficient (Wildman–Crippen LogP) is 1.50. The number of quaternary nitrogens is 1. The summed E-state index contributed by atoms with van der Waals surface area (Å²) in [6.07, 6.45) is 0. The van der Waals surface area contributed by atoms with E-state index in [9.17, 15) is 14.4 Å². The second-order valence-electron chi connectivity index (χ2n) is 8.26. The fourth-order valence-corrected chi connectivity index (χ4v) is 4.14. The van der Waals surface area contributed by atoms with Crippen LogP contribution in [0.15, 0.2) is 42.5 Å². The molecule has 2 aromatic rings. The molecule has 32 heavy (non-hydrogen) atoms. The maximum atomic E-state index is 13.6. The third kappa shape index (κ3) is 4.53. The van der Waals surface area contributed by atoms with E-state index in [1.54, 1.807) is 31.4 Å². The standard InChI is InChI=1S/C25H30N2O5/c1-6-32-20-10-8-7-9-18(20)22-21(24(29)25(30)27(22)14-13-26(3)4)23(28)17-11-12-19(31-5)16(2)15-17/h7-12,15,21-22H,6,13-14H2,1-5H3/p+1. The summed E-state index contributed by atoms with van der Waals surface area (Å²) in [7, 11) is 5.52. The molecule has 1 aliphatic rings. The Morgan fingerprint density at radius 2 is 1.81 bits per heavy atom. The number of nitrogens with one attached hydrogen (secondary N) is 1. The molecule has 0 bridgehead atoms. The summed E-state index contributed by atoms with van der Waals surface area (Å²) < 4.78 is 11.1. The Morgan fingerprint density at radius 3 is 2.44 bits per heavy atom. The van der Waals surface area contributed by atoms with Crippen molar-refractivity contribution in [3.05, 3.63) is 59.2 Å². The third-order valence-electron chi connectivity index (χ3n) is 5.76. The smallest absolute Gasteiger partial charge is 0.291 e. The molecule has 2 aromatic carbocycles. The Labute approximate surface area is 188 Å². The van der Waals surface area contributed by atoms with Gasteiger partial charge in [0, 0.05) is 11.1 Å². The number of hydrogen-bond donors (Lipinski definition) is 1. The summed E-state index contributed by atoms with van der Waals surface area (Å²) >= 11 is 0. The van der Waals surface area contributed by atoms with Crippen LogP contribution in [0.4, 0.5) is 0 Å². The van der Waals surface area contributed by atoms with Gasteiger partial charge in [-0.1, -0.05) is 18.2 Å². The quantitative estimate of drug-likeness (QED) is 0.364. The van der Waals surface area contributed by atoms with Crippen LogP contribution in [-0.2, 0) is 9.59 Å². The van der Waals surface area contributed by atoms with Crippen LogP contribution < -0.4 is 14.4 Å². The van der Waals surface area contributed by atoms with Crippen LogP contribution >= 0.6 is 0 Å². The van der Waals surface area contributed by atoms with E-state index in [1.807, 2.05) is 46.1 Å². The monoisotopic (exact) mass is 439 g/mol. The number of para-hydroxylation sites is 1. The van der Waals surface area contributed by atoms with Gasteiger partial charge in [0.05, 0.1) is 46.9 Å². The zero-order valence-electron chi connectivity index (χ0n) is 19.3. The average Bonchev–Trinajstić information content (AvgIpc) is 3.02. The Hall–Kier alpha value is -3.19. The molecule has 7 nitrogen and oxygen atoms in total. The Morgan fingerprint density at radius 1 is 1.09 bits per heavy atom. The highest BCUT2D eigenvalue weighted by Gasteiger charge is 2.52. The van der Waals surface area contributed by atoms with Gasteiger partial charge in [-0.15, -0.1) is 0 Å². The number of ketones is 2. The Bertz CT molecular complexity index is 1020. The van der Waals surface area contributed by atoms with Gasteiger partial charge < -0.3 is 19.3 Å². The number of methoxy groups -OCH3 is 1. The molecule has 0 spiro atoms. The molecule has 0 aliphatic carbocycles. The van der Waals surface area contributed by atoms with Crippen molar-refractivity contribution >= 4 is 17.5 Å². The van der Waals surface area contributed by atoms with Gasteiger partial charge in [-0.05, 0) is 43.7 Å². The average molecular weight is 440 g/mol. The van der Waals surface area contributed by atoms with Gasteiger partial charge in [-0.2, -0.15) is 0 Å². The summed E-state index contributed by atoms with van der Waals surface area (Å²) in [6, 6.07) is 11.6. The molecule has 0 radical (unpaired) electrons. The van der Waals surface area contributed by atoms with Gasteiger partial charge in [0.1, 0.15) is 17.4 Å². The minimum atomic E-state index is -1.13. The third-order valence-corrected chi connectivity index (χ3v) is 5.76. The second-order valence-corrected chi connectivity index (χ2v) is 8.26. The fourth-order valence-electron chi connectivity index (χ4n) is 4.14. The number of nitrogens with zero attached hydrogens (tertiary/aromatic N) is 1. The highest BCUT2D eigenvalue weighted by atomic mass is 16.5. The molecule has 3 rings (SSSR count). The molecular formula is C25H31N2O5+. The molecule has 1 fully saturated rings. The highest BCUT2D eigenvalue weighted by Crippen LogP contribution is 2.41. The molecule has 1 heterocycles. The molecule has 0 saturated carbocycles. The topological polar surface area (TPSA) is 77.3 Å². The number of amides is 1. The van der Waals surface area contributed by atoms with Crippen LogP contribution in [0.1, 0.15) is 34.5 Å². The number of Topliss-reactive ketones (excluding diaryl/α,β-unsaturated/α-hetero) is 2. The lowest BCUT2D eigenvalue weighted by Crippen LogP contribution is -3.06. The minimum absolute atomic E-state index is 0.365. The highest BCUT2D eigenvalue weighted by molar-refractivity contribution is 6.44. The van der Waals surface area contributed by atoms with Crippen molar-refractivity contribution in [1.29, 1.82) is 0 Å². The van der Waals surface area contributed by atoms with E-state index < -0.39 is 23.7 Å². The summed E-state index contributed by atoms with van der Waals surface area (Å²) in [4.78, 5) is 42.5. The minimum Gasteiger partial charge on any atom is -0.496 e. The first-order chi connectivity index (χ1) is 15.3. The maximum Gasteiger partial charge on any atom is 0.291 e. The lowest BCUT2D eigenvalue weighted by Gasteiger charge is -2.28. The van der Waals surface area contributed by atoms with E-state index in [-0.39, 0.29) is 5.78 Å². The normalized spacial score (nSPS) is 18.4. The summed E-state index contributed by atoms with van der Waals surface area (Å²) in [5, 5.41) is 0. The SMILES string of the molecule is CCOc1ccccc1C1C(C(=O)c2ccc(OC)c(C)c2)C(=O)C(=O)N1CC[NH+](C)C. The first-order valence-corrected chi connectivity index (χ1v) is 10.8. The molecule has 0 aromatic heterocycles. The van der Waals surface area contributed by atoms with Crippen LogP contribution in [0, 0.1) is 12.8 Å². The van der Waals surface area contributed by atoms with Crippen LogP contribution in [0.5, 0.6) is 11.5 Å². The summed E-state index contributed by atoms with van der Waals surface area (Å²) in [5.41, 5.74) is 1.84. The van der Waals surface area contributed by atoms with Crippen molar-refractivity contribution in [3.63, 3.8) is 0 Å². The Kier molecular flexibility index (Phi) is 7.30. The van der Waals surface area contributed by atoms with E-state index in [2.05, 4.69) is 0 Å². The molecule has 1 N–H and O–H groups in total. The van der Waals surface area contributed by atoms with E-state index in [0.29, 0.717) is 42.3 Å². The van der Waals surface area contributed by atoms with Crippen LogP contribution in [0.25, 0.3) is 0 Å². The van der Waals surface area contributed by atoms with E-state index >= 15 is 0 Å². The second kappa shape index (κ2) is 9.96. The van der Waals surface area contributed by atoms with Crippen molar-refractivity contribution in [2.45, 2.75) is 19.9 Å². The zero-order valence-corrected chi connectivity index (χ0v) is 19.3. The molecular weight excluding hydrogens is 408 g/mol. The molecule has 1 aliphatic heterocycles. The maximum absolute atomic E-state index is 13.6. The first-order valence-electron chi connectivity index (χ1n) is 10.8. The predicted molar refractivity (Wildman–Crippen MR) is 120 cm³/mol. The largest absolute Gasteiger partial charge is 0.496 e. The summed E-state index contributed by atoms with van der Waals surface area (Å²) in [5.74, 6) is -1.56. The van der Waals surface area contributed by atoms with Gasteiger partial charge in [0.2, 0.25) is 5.78 Å². The molecule has 1 amide bonds. The van der Waals surface area contributed by atoms with Gasteiger partial charge in [0.15, 0.2) is 5.78 Å². The van der Waals surface area contributed by atoms with E-state index in [1.165, 1.54) is 4.90 Å². The number of likely N-dealkylation sites (tertiary alicyclic amines) is 1. The van der Waals surface area contributed by atoms with Crippen molar-refractivity contribution in [3.8, 4) is 11.5 Å². The van der Waals surface area contributed by atoms with E-state index in [0.717, 1.165) is 10.5 Å². The number of aryl methyl sites for hydroxylation is 1. The number of carbonyl (C=O) groups excluding carboxylic acids is 3. The van der Waals surface area contributed by atoms with Crippen LogP contribution in [0.2, 0.25) is 0 Å². The van der Waals surface area contributed by atoms with Crippen molar-refractivity contribution < 1.29 is 28.8 Å². The van der Waals surface area contributed by atoms with E-state index in [4.69, 9.17) is 9.47 Å². The first kappa shape index (κ1) is 23.5. The van der Waals surface area contributed by atoms with Gasteiger partial charge in [0.25, 0.3) is 5.91 Å². The van der Waals surface area contributed by atoms with Gasteiger partial charge in [-0.25, -0.2) is 0 Å². The number of rotatable bonds is 9. The van der Waals surface area contributed by atoms with Crippen molar-refractivity contribution in [2.24, 2.45) is 5.92 Å². The number of likely N-dealkylation sites (N-methyl/N-ethyl adjacent to an activating group) is 1. The fraction of sp³-hybridized carbons (Fsp3) is 0.400. The molecule has 2 atom stereocenters. The summed E-state index contributed by atoms with van der Waals surface area (Å²) in [6.45, 7) is 5.16. The molecule has 2 unspecified atom stereocenters. The number of carbonyl (C=O) groups is 3. The molecule has 7 heteroatoms. The van der Waals surface area contributed by atoms with Crippen LogP contribution in [-0.4, -0.2) is 63.3 Å². The van der Waals surface area contributed by atoms with Gasteiger partial charge >= 0.3 is 0 Å². The van der Waals surface area contributed by atoms with Crippen molar-refractivity contribution in [2.75, 3.05) is 40.9 Å². The molecule has 1 saturated heterocycles. The number of ether oxygens (including phenoxy) is 2. The zero-order chi connectivity index (χ0) is 23.4.